The number of nitrogens with one attached hydrogen (secondary N) is 1. The van der Waals surface area contributed by atoms with Gasteiger partial charge in [0.05, 0.1) is 0 Å². The number of halogens is 2. The summed E-state index contributed by atoms with van der Waals surface area (Å²) in [5.41, 5.74) is 1.19. The maximum atomic E-state index is 6.30. The Morgan fingerprint density at radius 2 is 2.05 bits per heavy atom. The van der Waals surface area contributed by atoms with E-state index in [0.717, 1.165) is 28.9 Å². The van der Waals surface area contributed by atoms with E-state index in [9.17, 15) is 0 Å². The Balaban J connectivity index is 2.11. The minimum atomic E-state index is 0.622. The predicted octanol–water partition coefficient (Wildman–Crippen LogP) is 4.95. The minimum absolute atomic E-state index is 0.622. The molecule has 1 fully saturated rings. The van der Waals surface area contributed by atoms with Crippen molar-refractivity contribution in [3.63, 3.8) is 0 Å². The Morgan fingerprint density at radius 1 is 1.26 bits per heavy atom. The molecule has 3 unspecified atom stereocenters. The molecule has 1 N–H and O–H groups in total. The van der Waals surface area contributed by atoms with Gasteiger partial charge in [-0.15, -0.1) is 0 Å². The standard InChI is InChI=1S/C16H23Cl2N/c1-3-19-16-7-4-11(2)8-13(16)9-12-10-14(17)5-6-15(12)18/h5-6,10-11,13,16,19H,3-4,7-9H2,1-2H3. The highest BCUT2D eigenvalue weighted by Gasteiger charge is 2.28. The van der Waals surface area contributed by atoms with Crippen molar-refractivity contribution in [3.8, 4) is 0 Å². The first-order valence-electron chi connectivity index (χ1n) is 7.27. The summed E-state index contributed by atoms with van der Waals surface area (Å²) in [7, 11) is 0. The van der Waals surface area contributed by atoms with Crippen molar-refractivity contribution in [3.05, 3.63) is 33.8 Å². The van der Waals surface area contributed by atoms with Crippen molar-refractivity contribution < 1.29 is 0 Å². The average Bonchev–Trinajstić information content (AvgIpc) is 2.37. The third-order valence-corrected chi connectivity index (χ3v) is 4.80. The lowest BCUT2D eigenvalue weighted by Gasteiger charge is -2.35. The van der Waals surface area contributed by atoms with Crippen molar-refractivity contribution >= 4 is 23.2 Å². The van der Waals surface area contributed by atoms with Gasteiger partial charge in [0.1, 0.15) is 0 Å². The van der Waals surface area contributed by atoms with E-state index in [4.69, 9.17) is 23.2 Å². The van der Waals surface area contributed by atoms with Gasteiger partial charge in [-0.25, -0.2) is 0 Å². The van der Waals surface area contributed by atoms with Crippen LogP contribution in [0.3, 0.4) is 0 Å². The lowest BCUT2D eigenvalue weighted by atomic mass is 9.76. The maximum Gasteiger partial charge on any atom is 0.0439 e. The van der Waals surface area contributed by atoms with Crippen LogP contribution in [-0.2, 0) is 6.42 Å². The molecule has 1 aromatic carbocycles. The summed E-state index contributed by atoms with van der Waals surface area (Å²) in [6.07, 6.45) is 4.91. The third kappa shape index (κ3) is 4.11. The summed E-state index contributed by atoms with van der Waals surface area (Å²) in [5.74, 6) is 1.48. The molecule has 2 rings (SSSR count). The lowest BCUT2D eigenvalue weighted by Crippen LogP contribution is -2.41. The second kappa shape index (κ2) is 6.97. The van der Waals surface area contributed by atoms with Crippen LogP contribution < -0.4 is 5.32 Å². The Bertz CT molecular complexity index is 419. The Kier molecular flexibility index (Phi) is 5.56. The second-order valence-electron chi connectivity index (χ2n) is 5.78. The van der Waals surface area contributed by atoms with Gasteiger partial charge >= 0.3 is 0 Å². The quantitative estimate of drug-likeness (QED) is 0.829. The van der Waals surface area contributed by atoms with Crippen LogP contribution in [0.4, 0.5) is 0 Å². The van der Waals surface area contributed by atoms with E-state index in [1.165, 1.54) is 24.8 Å². The van der Waals surface area contributed by atoms with Gasteiger partial charge in [-0.2, -0.15) is 0 Å². The highest BCUT2D eigenvalue weighted by atomic mass is 35.5. The van der Waals surface area contributed by atoms with Gasteiger partial charge in [0, 0.05) is 16.1 Å². The number of benzene rings is 1. The van der Waals surface area contributed by atoms with E-state index in [1.54, 1.807) is 0 Å². The number of hydrogen-bond acceptors (Lipinski definition) is 1. The highest BCUT2D eigenvalue weighted by molar-refractivity contribution is 6.33. The second-order valence-corrected chi connectivity index (χ2v) is 6.63. The monoisotopic (exact) mass is 299 g/mol. The van der Waals surface area contributed by atoms with E-state index >= 15 is 0 Å². The summed E-state index contributed by atoms with van der Waals surface area (Å²) in [4.78, 5) is 0. The number of rotatable bonds is 4. The van der Waals surface area contributed by atoms with Crippen LogP contribution in [0, 0.1) is 11.8 Å². The fourth-order valence-corrected chi connectivity index (χ4v) is 3.63. The van der Waals surface area contributed by atoms with Gasteiger partial charge in [0.25, 0.3) is 0 Å². The van der Waals surface area contributed by atoms with Gasteiger partial charge in [0.2, 0.25) is 0 Å². The maximum absolute atomic E-state index is 6.30. The zero-order valence-electron chi connectivity index (χ0n) is 11.8. The molecule has 1 aliphatic carbocycles. The van der Waals surface area contributed by atoms with E-state index in [0.29, 0.717) is 12.0 Å². The Labute approximate surface area is 126 Å². The van der Waals surface area contributed by atoms with Crippen LogP contribution in [0.2, 0.25) is 10.0 Å². The fourth-order valence-electron chi connectivity index (χ4n) is 3.24. The predicted molar refractivity (Wildman–Crippen MR) is 84.1 cm³/mol. The highest BCUT2D eigenvalue weighted by Crippen LogP contribution is 2.33. The molecule has 0 bridgehead atoms. The summed E-state index contributed by atoms with van der Waals surface area (Å²) >= 11 is 12.4. The smallest absolute Gasteiger partial charge is 0.0439 e. The van der Waals surface area contributed by atoms with E-state index in [1.807, 2.05) is 18.2 Å². The molecule has 0 saturated heterocycles. The molecule has 0 aromatic heterocycles. The van der Waals surface area contributed by atoms with Crippen molar-refractivity contribution in [2.75, 3.05) is 6.54 Å². The molecule has 0 heterocycles. The molecule has 3 heteroatoms. The topological polar surface area (TPSA) is 12.0 Å². The summed E-state index contributed by atoms with van der Waals surface area (Å²) in [6, 6.07) is 6.41. The molecule has 106 valence electrons. The Morgan fingerprint density at radius 3 is 2.79 bits per heavy atom. The van der Waals surface area contributed by atoms with E-state index in [-0.39, 0.29) is 0 Å². The van der Waals surface area contributed by atoms with E-state index < -0.39 is 0 Å². The number of hydrogen-bond donors (Lipinski definition) is 1. The lowest BCUT2D eigenvalue weighted by molar-refractivity contribution is 0.214. The van der Waals surface area contributed by atoms with Crippen molar-refractivity contribution in [2.24, 2.45) is 11.8 Å². The molecular weight excluding hydrogens is 277 g/mol. The summed E-state index contributed by atoms with van der Waals surface area (Å²) in [5, 5.41) is 5.26. The van der Waals surface area contributed by atoms with Crippen molar-refractivity contribution in [1.82, 2.24) is 5.32 Å². The molecule has 1 saturated carbocycles. The van der Waals surface area contributed by atoms with Gasteiger partial charge in [-0.3, -0.25) is 0 Å². The van der Waals surface area contributed by atoms with Crippen LogP contribution in [0.1, 0.15) is 38.7 Å². The molecular formula is C16H23Cl2N. The molecule has 0 amide bonds. The molecule has 0 aliphatic heterocycles. The van der Waals surface area contributed by atoms with Crippen LogP contribution in [0.5, 0.6) is 0 Å². The zero-order valence-corrected chi connectivity index (χ0v) is 13.3. The van der Waals surface area contributed by atoms with Crippen LogP contribution in [0.25, 0.3) is 0 Å². The van der Waals surface area contributed by atoms with Crippen LogP contribution in [-0.4, -0.2) is 12.6 Å². The van der Waals surface area contributed by atoms with Gasteiger partial charge in [-0.05, 0) is 67.8 Å². The minimum Gasteiger partial charge on any atom is -0.314 e. The normalized spacial score (nSPS) is 27.5. The zero-order chi connectivity index (χ0) is 13.8. The molecule has 1 nitrogen and oxygen atoms in total. The van der Waals surface area contributed by atoms with Gasteiger partial charge < -0.3 is 5.32 Å². The molecule has 19 heavy (non-hydrogen) atoms. The first-order chi connectivity index (χ1) is 9.10. The van der Waals surface area contributed by atoms with Gasteiger partial charge in [0.15, 0.2) is 0 Å². The van der Waals surface area contributed by atoms with Gasteiger partial charge in [-0.1, -0.05) is 37.0 Å². The van der Waals surface area contributed by atoms with Crippen LogP contribution >= 0.6 is 23.2 Å². The molecule has 3 atom stereocenters. The summed E-state index contributed by atoms with van der Waals surface area (Å²) < 4.78 is 0. The average molecular weight is 300 g/mol. The Hall–Kier alpha value is -0.240. The fraction of sp³-hybridized carbons (Fsp3) is 0.625. The van der Waals surface area contributed by atoms with Crippen LogP contribution in [0.15, 0.2) is 18.2 Å². The summed E-state index contributed by atoms with van der Waals surface area (Å²) in [6.45, 7) is 5.58. The first-order valence-corrected chi connectivity index (χ1v) is 8.03. The molecule has 0 spiro atoms. The molecule has 1 aliphatic rings. The largest absolute Gasteiger partial charge is 0.314 e. The van der Waals surface area contributed by atoms with Crippen molar-refractivity contribution in [1.29, 1.82) is 0 Å². The SMILES string of the molecule is CCNC1CCC(C)CC1Cc1cc(Cl)ccc1Cl. The first kappa shape index (κ1) is 15.2. The third-order valence-electron chi connectivity index (χ3n) is 4.20. The molecule has 0 radical (unpaired) electrons. The molecule has 1 aromatic rings. The van der Waals surface area contributed by atoms with E-state index in [2.05, 4.69) is 19.2 Å². The van der Waals surface area contributed by atoms with Crippen molar-refractivity contribution in [2.45, 2.75) is 45.6 Å².